The van der Waals surface area contributed by atoms with Crippen LogP contribution in [0.5, 0.6) is 11.5 Å². The highest BCUT2D eigenvalue weighted by Crippen LogP contribution is 2.27. The first-order valence-corrected chi connectivity index (χ1v) is 12.9. The van der Waals surface area contributed by atoms with Gasteiger partial charge in [0.2, 0.25) is 0 Å². The number of carbonyl (C=O) groups is 2. The summed E-state index contributed by atoms with van der Waals surface area (Å²) in [6, 6.07) is 11.6. The molecule has 0 saturated carbocycles. The number of methoxy groups -OCH3 is 1. The lowest BCUT2D eigenvalue weighted by Gasteiger charge is -2.08. The van der Waals surface area contributed by atoms with Crippen molar-refractivity contribution >= 4 is 23.6 Å². The number of esters is 1. The second kappa shape index (κ2) is 16.8. The van der Waals surface area contributed by atoms with E-state index in [1.807, 2.05) is 18.2 Å². The van der Waals surface area contributed by atoms with E-state index >= 15 is 0 Å². The van der Waals surface area contributed by atoms with Gasteiger partial charge in [0.05, 0.1) is 7.11 Å². The molecular weight excluding hydrogens is 452 g/mol. The number of aromatic hydroxyl groups is 1. The van der Waals surface area contributed by atoms with Gasteiger partial charge >= 0.3 is 5.97 Å². The predicted molar refractivity (Wildman–Crippen MR) is 134 cm³/mol. The van der Waals surface area contributed by atoms with E-state index in [0.717, 1.165) is 57.1 Å². The third-order valence-electron chi connectivity index (χ3n) is 5.27. The molecule has 0 aliphatic rings. The maximum atomic E-state index is 12.1. The Labute approximate surface area is 206 Å². The van der Waals surface area contributed by atoms with E-state index in [4.69, 9.17) is 9.47 Å². The molecule has 2 aromatic rings. The number of benzene rings is 1. The largest absolute Gasteiger partial charge is 0.503 e. The Kier molecular flexibility index (Phi) is 13.6. The van der Waals surface area contributed by atoms with E-state index in [1.165, 1.54) is 24.3 Å². The number of carbonyl (C=O) groups excluding carboxylic acids is 2. The number of nitrogens with zero attached hydrogens (tertiary/aromatic N) is 1. The summed E-state index contributed by atoms with van der Waals surface area (Å²) in [6.45, 7) is 0.999. The van der Waals surface area contributed by atoms with E-state index < -0.39 is 5.91 Å². The molecule has 0 aliphatic heterocycles. The standard InChI is InChI=1S/C26H36N2O5S/c1-32-22-16-18-27-24(25(22)30)26(31)28-17-12-7-5-3-2-4-6-11-15-23(29)33-19-20-34-21-13-9-8-10-14-21/h8-10,13-14,16,18,30H,2-7,11-12,15,17,19-20H2,1H3,(H,28,31). The predicted octanol–water partition coefficient (Wildman–Crippen LogP) is 5.37. The summed E-state index contributed by atoms with van der Waals surface area (Å²) in [5, 5.41) is 12.7. The molecule has 0 aliphatic carbocycles. The molecule has 0 unspecified atom stereocenters. The van der Waals surface area contributed by atoms with Crippen LogP contribution < -0.4 is 10.1 Å². The summed E-state index contributed by atoms with van der Waals surface area (Å²) >= 11 is 1.69. The molecule has 0 radical (unpaired) electrons. The molecular formula is C26H36N2O5S. The number of thioether (sulfide) groups is 1. The Hall–Kier alpha value is -2.74. The van der Waals surface area contributed by atoms with E-state index in [9.17, 15) is 14.7 Å². The van der Waals surface area contributed by atoms with E-state index in [-0.39, 0.29) is 23.2 Å². The van der Waals surface area contributed by atoms with E-state index in [0.29, 0.717) is 19.6 Å². The maximum Gasteiger partial charge on any atom is 0.305 e. The van der Waals surface area contributed by atoms with E-state index in [1.54, 1.807) is 11.8 Å². The molecule has 8 heteroatoms. The first-order valence-electron chi connectivity index (χ1n) is 12.0. The highest BCUT2D eigenvalue weighted by atomic mass is 32.2. The Balaban J connectivity index is 1.38. The molecule has 1 heterocycles. The van der Waals surface area contributed by atoms with Gasteiger partial charge in [-0.15, -0.1) is 11.8 Å². The first-order chi connectivity index (χ1) is 16.6. The zero-order chi connectivity index (χ0) is 24.4. The average Bonchev–Trinajstić information content (AvgIpc) is 2.85. The normalized spacial score (nSPS) is 10.6. The van der Waals surface area contributed by atoms with Crippen LogP contribution in [0.15, 0.2) is 47.5 Å². The molecule has 186 valence electrons. The second-order valence-electron chi connectivity index (χ2n) is 7.93. The van der Waals surface area contributed by atoms with Crippen molar-refractivity contribution in [2.24, 2.45) is 0 Å². The van der Waals surface area contributed by atoms with Crippen molar-refractivity contribution < 1.29 is 24.2 Å². The SMILES string of the molecule is COc1ccnc(C(=O)NCCCCCCCCCCC(=O)OCCSc2ccccc2)c1O. The van der Waals surface area contributed by atoms with Gasteiger partial charge in [-0.2, -0.15) is 0 Å². The van der Waals surface area contributed by atoms with Crippen LogP contribution in [0.4, 0.5) is 0 Å². The summed E-state index contributed by atoms with van der Waals surface area (Å²) in [7, 11) is 1.43. The van der Waals surface area contributed by atoms with Crippen LogP contribution >= 0.6 is 11.8 Å². The van der Waals surface area contributed by atoms with Gasteiger partial charge in [-0.05, 0) is 25.0 Å². The van der Waals surface area contributed by atoms with Crippen molar-refractivity contribution in [1.82, 2.24) is 10.3 Å². The third-order valence-corrected chi connectivity index (χ3v) is 6.25. The number of ether oxygens (including phenoxy) is 2. The van der Waals surface area contributed by atoms with Gasteiger partial charge in [0.25, 0.3) is 5.91 Å². The summed E-state index contributed by atoms with van der Waals surface area (Å²) in [4.78, 5) is 29.0. The number of hydrogen-bond acceptors (Lipinski definition) is 7. The van der Waals surface area contributed by atoms with Crippen LogP contribution in [0.1, 0.15) is 68.3 Å². The van der Waals surface area contributed by atoms with Gasteiger partial charge < -0.3 is 19.9 Å². The topological polar surface area (TPSA) is 97.8 Å². The van der Waals surface area contributed by atoms with Crippen LogP contribution in [0.2, 0.25) is 0 Å². The molecule has 7 nitrogen and oxygen atoms in total. The number of rotatable bonds is 17. The Morgan fingerprint density at radius 3 is 2.35 bits per heavy atom. The summed E-state index contributed by atoms with van der Waals surface area (Å²) in [5.41, 5.74) is -0.0192. The van der Waals surface area contributed by atoms with Gasteiger partial charge in [-0.1, -0.05) is 56.7 Å². The molecule has 1 aromatic carbocycles. The van der Waals surface area contributed by atoms with Crippen molar-refractivity contribution in [3.8, 4) is 11.5 Å². The van der Waals surface area contributed by atoms with Crippen LogP contribution in [0, 0.1) is 0 Å². The fourth-order valence-electron chi connectivity index (χ4n) is 3.41. The molecule has 0 bridgehead atoms. The number of nitrogens with one attached hydrogen (secondary N) is 1. The van der Waals surface area contributed by atoms with Crippen molar-refractivity contribution in [2.75, 3.05) is 26.0 Å². The van der Waals surface area contributed by atoms with Crippen LogP contribution in [-0.4, -0.2) is 48.0 Å². The maximum absolute atomic E-state index is 12.1. The zero-order valence-electron chi connectivity index (χ0n) is 20.0. The van der Waals surface area contributed by atoms with Crippen LogP contribution in [0.25, 0.3) is 0 Å². The Morgan fingerprint density at radius 2 is 1.65 bits per heavy atom. The monoisotopic (exact) mass is 488 g/mol. The van der Waals surface area contributed by atoms with Crippen molar-refractivity contribution in [2.45, 2.75) is 62.7 Å². The number of amides is 1. The summed E-state index contributed by atoms with van der Waals surface area (Å²) < 4.78 is 10.3. The minimum absolute atomic E-state index is 0.0192. The van der Waals surface area contributed by atoms with Gasteiger partial charge in [0.15, 0.2) is 17.2 Å². The third kappa shape index (κ3) is 10.9. The van der Waals surface area contributed by atoms with Crippen molar-refractivity contribution in [1.29, 1.82) is 0 Å². The fourth-order valence-corrected chi connectivity index (χ4v) is 4.16. The Bertz CT molecular complexity index is 864. The smallest absolute Gasteiger partial charge is 0.305 e. The van der Waals surface area contributed by atoms with E-state index in [2.05, 4.69) is 22.4 Å². The highest BCUT2D eigenvalue weighted by Gasteiger charge is 2.15. The molecule has 0 atom stereocenters. The van der Waals surface area contributed by atoms with Crippen molar-refractivity contribution in [3.63, 3.8) is 0 Å². The lowest BCUT2D eigenvalue weighted by Crippen LogP contribution is -2.25. The van der Waals surface area contributed by atoms with Gasteiger partial charge in [-0.3, -0.25) is 9.59 Å². The molecule has 34 heavy (non-hydrogen) atoms. The quantitative estimate of drug-likeness (QED) is 0.175. The summed E-state index contributed by atoms with van der Waals surface area (Å²) in [6.07, 6.45) is 10.3. The van der Waals surface area contributed by atoms with Crippen LogP contribution in [-0.2, 0) is 9.53 Å². The molecule has 0 saturated heterocycles. The van der Waals surface area contributed by atoms with Crippen LogP contribution in [0.3, 0.4) is 0 Å². The fraction of sp³-hybridized carbons (Fsp3) is 0.500. The Morgan fingerprint density at radius 1 is 0.971 bits per heavy atom. The summed E-state index contributed by atoms with van der Waals surface area (Å²) in [5.74, 6) is 0.269. The minimum atomic E-state index is -0.398. The molecule has 0 fully saturated rings. The lowest BCUT2D eigenvalue weighted by molar-refractivity contribution is -0.143. The number of unbranched alkanes of at least 4 members (excludes halogenated alkanes) is 7. The molecule has 2 rings (SSSR count). The zero-order valence-corrected chi connectivity index (χ0v) is 20.8. The van der Waals surface area contributed by atoms with Crippen molar-refractivity contribution in [3.05, 3.63) is 48.3 Å². The average molecular weight is 489 g/mol. The van der Waals surface area contributed by atoms with Gasteiger partial charge in [-0.25, -0.2) is 4.98 Å². The lowest BCUT2D eigenvalue weighted by atomic mass is 10.1. The van der Waals surface area contributed by atoms with Gasteiger partial charge in [0, 0.05) is 35.9 Å². The van der Waals surface area contributed by atoms with Gasteiger partial charge in [0.1, 0.15) is 6.61 Å². The molecule has 1 amide bonds. The molecule has 0 spiro atoms. The molecule has 1 aromatic heterocycles. The minimum Gasteiger partial charge on any atom is -0.503 e. The number of hydrogen-bond donors (Lipinski definition) is 2. The highest BCUT2D eigenvalue weighted by molar-refractivity contribution is 7.99. The first kappa shape index (κ1) is 27.5. The second-order valence-corrected chi connectivity index (χ2v) is 9.10. The number of aromatic nitrogens is 1. The molecule has 2 N–H and O–H groups in total. The number of pyridine rings is 1.